The molecule has 5 rings (SSSR count). The van der Waals surface area contributed by atoms with Gasteiger partial charge in [-0.25, -0.2) is 18.8 Å². The summed E-state index contributed by atoms with van der Waals surface area (Å²) >= 11 is 7.97. The number of imidazole rings is 1. The number of para-hydroxylation sites is 1. The maximum atomic E-state index is 13.7. The van der Waals surface area contributed by atoms with Crippen LogP contribution < -0.4 is 0 Å². The molecule has 0 saturated carbocycles. The zero-order valence-corrected chi connectivity index (χ0v) is 18.1. The Kier molecular flexibility index (Phi) is 5.00. The van der Waals surface area contributed by atoms with Crippen molar-refractivity contribution in [3.05, 3.63) is 70.6 Å². The van der Waals surface area contributed by atoms with E-state index in [0.717, 1.165) is 34.7 Å². The monoisotopic (exact) mass is 446 g/mol. The molecule has 0 bridgehead atoms. The lowest BCUT2D eigenvalue weighted by Gasteiger charge is -2.36. The van der Waals surface area contributed by atoms with E-state index < -0.39 is 11.6 Å². The Morgan fingerprint density at radius 3 is 2.77 bits per heavy atom. The SMILES string of the molecule is CC1SC(c2ccc(F)c(F)c2)=CN1N1CC[C@H](C)[C@H]1c1nc2c(Cl)cccc2[nH]1. The highest BCUT2D eigenvalue weighted by atomic mass is 35.5. The van der Waals surface area contributed by atoms with Crippen LogP contribution in [0.2, 0.25) is 5.02 Å². The number of halogens is 3. The lowest BCUT2D eigenvalue weighted by Crippen LogP contribution is -2.41. The van der Waals surface area contributed by atoms with Crippen LogP contribution in [0.15, 0.2) is 42.6 Å². The Balaban J connectivity index is 1.49. The van der Waals surface area contributed by atoms with Crippen molar-refractivity contribution in [1.29, 1.82) is 0 Å². The molecule has 0 spiro atoms. The second-order valence-electron chi connectivity index (χ2n) is 7.85. The summed E-state index contributed by atoms with van der Waals surface area (Å²) in [6.45, 7) is 5.24. The first kappa shape index (κ1) is 19.8. The zero-order valence-electron chi connectivity index (χ0n) is 16.6. The highest BCUT2D eigenvalue weighted by Crippen LogP contribution is 2.45. The van der Waals surface area contributed by atoms with Gasteiger partial charge >= 0.3 is 0 Å². The second-order valence-corrected chi connectivity index (χ2v) is 9.62. The molecule has 1 saturated heterocycles. The molecule has 1 N–H and O–H groups in total. The molecule has 1 fully saturated rings. The molecule has 2 aliphatic heterocycles. The molecule has 3 atom stereocenters. The van der Waals surface area contributed by atoms with E-state index in [4.69, 9.17) is 16.6 Å². The smallest absolute Gasteiger partial charge is 0.159 e. The van der Waals surface area contributed by atoms with Gasteiger partial charge in [-0.3, -0.25) is 5.01 Å². The minimum Gasteiger partial charge on any atom is -0.341 e. The highest BCUT2D eigenvalue weighted by molar-refractivity contribution is 8.09. The summed E-state index contributed by atoms with van der Waals surface area (Å²) in [6.07, 6.45) is 3.07. The van der Waals surface area contributed by atoms with Crippen molar-refractivity contribution in [3.8, 4) is 0 Å². The van der Waals surface area contributed by atoms with Crippen LogP contribution >= 0.6 is 23.4 Å². The lowest BCUT2D eigenvalue weighted by atomic mass is 10.0. The van der Waals surface area contributed by atoms with E-state index in [2.05, 4.69) is 28.8 Å². The lowest BCUT2D eigenvalue weighted by molar-refractivity contribution is -0.00509. The van der Waals surface area contributed by atoms with Gasteiger partial charge in [0.25, 0.3) is 0 Å². The van der Waals surface area contributed by atoms with Crippen LogP contribution in [0.5, 0.6) is 0 Å². The predicted molar refractivity (Wildman–Crippen MR) is 118 cm³/mol. The molecular formula is C22H21ClF2N4S. The summed E-state index contributed by atoms with van der Waals surface area (Å²) in [6, 6.07) is 9.89. The molecule has 4 nitrogen and oxygen atoms in total. The number of H-pyrrole nitrogens is 1. The van der Waals surface area contributed by atoms with Gasteiger partial charge in [-0.05, 0) is 49.1 Å². The largest absolute Gasteiger partial charge is 0.341 e. The number of nitrogens with one attached hydrogen (secondary N) is 1. The van der Waals surface area contributed by atoms with Crippen molar-refractivity contribution in [2.24, 2.45) is 5.92 Å². The Bertz CT molecular complexity index is 1150. The van der Waals surface area contributed by atoms with Gasteiger partial charge in [0, 0.05) is 17.6 Å². The number of aromatic nitrogens is 2. The van der Waals surface area contributed by atoms with E-state index in [1.807, 2.05) is 24.4 Å². The molecule has 1 aromatic heterocycles. The van der Waals surface area contributed by atoms with Crippen LogP contribution in [-0.2, 0) is 0 Å². The Morgan fingerprint density at radius 2 is 2.00 bits per heavy atom. The number of rotatable bonds is 3. The summed E-state index contributed by atoms with van der Waals surface area (Å²) in [5, 5.41) is 5.29. The summed E-state index contributed by atoms with van der Waals surface area (Å²) in [5.41, 5.74) is 2.40. The number of thioether (sulfide) groups is 1. The van der Waals surface area contributed by atoms with Crippen molar-refractivity contribution in [2.45, 2.75) is 31.7 Å². The average Bonchev–Trinajstić information content (AvgIpc) is 3.40. The van der Waals surface area contributed by atoms with E-state index in [-0.39, 0.29) is 11.4 Å². The first-order chi connectivity index (χ1) is 14.4. The van der Waals surface area contributed by atoms with Crippen molar-refractivity contribution >= 4 is 39.3 Å². The van der Waals surface area contributed by atoms with Crippen LogP contribution in [0, 0.1) is 17.6 Å². The number of hydrogen-bond donors (Lipinski definition) is 1. The molecule has 8 heteroatoms. The van der Waals surface area contributed by atoms with Gasteiger partial charge in [-0.15, -0.1) is 0 Å². The predicted octanol–water partition coefficient (Wildman–Crippen LogP) is 6.19. The fraction of sp³-hybridized carbons (Fsp3) is 0.318. The molecule has 156 valence electrons. The maximum absolute atomic E-state index is 13.7. The van der Waals surface area contributed by atoms with Crippen molar-refractivity contribution < 1.29 is 8.78 Å². The van der Waals surface area contributed by atoms with E-state index in [9.17, 15) is 8.78 Å². The fourth-order valence-corrected chi connectivity index (χ4v) is 5.63. The zero-order chi connectivity index (χ0) is 21.0. The first-order valence-electron chi connectivity index (χ1n) is 9.95. The number of nitrogens with zero attached hydrogens (tertiary/aromatic N) is 3. The van der Waals surface area contributed by atoms with E-state index in [0.29, 0.717) is 16.5 Å². The van der Waals surface area contributed by atoms with Gasteiger partial charge in [0.05, 0.1) is 22.0 Å². The topological polar surface area (TPSA) is 35.2 Å². The number of benzene rings is 2. The van der Waals surface area contributed by atoms with Crippen molar-refractivity contribution in [1.82, 2.24) is 20.0 Å². The Labute approximate surface area is 182 Å². The van der Waals surface area contributed by atoms with Crippen molar-refractivity contribution in [2.75, 3.05) is 6.54 Å². The minimum atomic E-state index is -0.829. The molecular weight excluding hydrogens is 426 g/mol. The summed E-state index contributed by atoms with van der Waals surface area (Å²) in [5.74, 6) is -0.353. The van der Waals surface area contributed by atoms with Crippen LogP contribution in [0.25, 0.3) is 15.9 Å². The van der Waals surface area contributed by atoms with Gasteiger partial charge in [-0.1, -0.05) is 42.4 Å². The first-order valence-corrected chi connectivity index (χ1v) is 11.2. The third kappa shape index (κ3) is 3.29. The third-order valence-corrected chi connectivity index (χ3v) is 7.31. The molecule has 0 aliphatic carbocycles. The fourth-order valence-electron chi connectivity index (χ4n) is 4.32. The van der Waals surface area contributed by atoms with Crippen LogP contribution in [0.1, 0.15) is 37.7 Å². The number of fused-ring (bicyclic) bond motifs is 1. The van der Waals surface area contributed by atoms with E-state index in [1.54, 1.807) is 17.8 Å². The van der Waals surface area contributed by atoms with Crippen molar-refractivity contribution in [3.63, 3.8) is 0 Å². The summed E-state index contributed by atoms with van der Waals surface area (Å²) in [4.78, 5) is 9.19. The van der Waals surface area contributed by atoms with Crippen LogP contribution in [0.4, 0.5) is 8.78 Å². The van der Waals surface area contributed by atoms with E-state index in [1.165, 1.54) is 12.1 Å². The molecule has 0 radical (unpaired) electrons. The average molecular weight is 447 g/mol. The van der Waals surface area contributed by atoms with Gasteiger partial charge in [0.1, 0.15) is 11.3 Å². The molecule has 3 aromatic rings. The molecule has 1 unspecified atom stereocenters. The Morgan fingerprint density at radius 1 is 1.17 bits per heavy atom. The number of hydrazine groups is 1. The third-order valence-electron chi connectivity index (χ3n) is 5.86. The van der Waals surface area contributed by atoms with Gasteiger partial charge in [0.15, 0.2) is 11.6 Å². The number of hydrogen-bond acceptors (Lipinski definition) is 4. The normalized spacial score (nSPS) is 24.8. The molecule has 0 amide bonds. The molecule has 30 heavy (non-hydrogen) atoms. The Hall–Kier alpha value is -2.09. The second kappa shape index (κ2) is 7.55. The molecule has 2 aliphatic rings. The maximum Gasteiger partial charge on any atom is 0.159 e. The number of aromatic amines is 1. The van der Waals surface area contributed by atoms with Crippen LogP contribution in [0.3, 0.4) is 0 Å². The van der Waals surface area contributed by atoms with Gasteiger partial charge in [0.2, 0.25) is 0 Å². The van der Waals surface area contributed by atoms with Crippen LogP contribution in [-0.4, -0.2) is 31.9 Å². The van der Waals surface area contributed by atoms with Gasteiger partial charge in [-0.2, -0.15) is 0 Å². The molecule has 3 heterocycles. The quantitative estimate of drug-likeness (QED) is 0.520. The molecule has 2 aromatic carbocycles. The van der Waals surface area contributed by atoms with Gasteiger partial charge < -0.3 is 4.98 Å². The summed E-state index contributed by atoms with van der Waals surface area (Å²) in [7, 11) is 0. The minimum absolute atomic E-state index is 0.0806. The highest BCUT2D eigenvalue weighted by Gasteiger charge is 2.40. The van der Waals surface area contributed by atoms with E-state index >= 15 is 0 Å². The summed E-state index contributed by atoms with van der Waals surface area (Å²) < 4.78 is 27.1. The standard InChI is InChI=1S/C22H21ClF2N4S/c1-12-8-9-28(21(12)22-26-18-5-3-4-15(23)20(18)27-22)29-11-19(30-13(29)2)14-6-7-16(24)17(25)10-14/h3-7,10-13,21H,8-9H2,1-2H3,(H,26,27)/t12-,13?,21-/m0/s1.